The van der Waals surface area contributed by atoms with Crippen LogP contribution in [0, 0.1) is 0 Å². The van der Waals surface area contributed by atoms with Crippen molar-refractivity contribution >= 4 is 28.0 Å². The van der Waals surface area contributed by atoms with Crippen LogP contribution in [0.1, 0.15) is 55.0 Å². The van der Waals surface area contributed by atoms with Crippen LogP contribution in [-0.2, 0) is 26.9 Å². The van der Waals surface area contributed by atoms with Crippen LogP contribution in [-0.4, -0.2) is 56.9 Å². The Balaban J connectivity index is 1.23. The van der Waals surface area contributed by atoms with E-state index in [-0.39, 0.29) is 30.7 Å². The number of carbonyl (C=O) groups excluding carboxylic acids is 1. The van der Waals surface area contributed by atoms with Crippen molar-refractivity contribution in [2.45, 2.75) is 55.7 Å². The number of piperidine rings is 2. The molecule has 2 unspecified atom stereocenters. The number of aryl methyl sites for hydroxylation is 1. The smallest absolute Gasteiger partial charge is 0.410 e. The number of carbonyl (C=O) groups is 2. The lowest BCUT2D eigenvalue weighted by Crippen LogP contribution is -2.60. The Kier molecular flexibility index (Phi) is 6.52. The van der Waals surface area contributed by atoms with E-state index in [2.05, 4.69) is 45.2 Å². The van der Waals surface area contributed by atoms with E-state index in [1.54, 1.807) is 0 Å². The molecule has 3 aromatic rings. The van der Waals surface area contributed by atoms with Crippen LogP contribution in [0.2, 0.25) is 0 Å². The number of benzene rings is 2. The fourth-order valence-electron chi connectivity index (χ4n) is 6.80. The summed E-state index contributed by atoms with van der Waals surface area (Å²) in [7, 11) is 1.88. The maximum Gasteiger partial charge on any atom is 0.410 e. The first-order valence-electron chi connectivity index (χ1n) is 13.0. The van der Waals surface area contributed by atoms with Crippen LogP contribution in [0.3, 0.4) is 0 Å². The summed E-state index contributed by atoms with van der Waals surface area (Å²) in [5, 5.41) is 9.39. The summed E-state index contributed by atoms with van der Waals surface area (Å²) in [6, 6.07) is 16.4. The van der Waals surface area contributed by atoms with E-state index < -0.39 is 18.2 Å². The summed E-state index contributed by atoms with van der Waals surface area (Å²) in [5.74, 6) is -0.352. The first kappa shape index (κ1) is 25.1. The maximum atomic E-state index is 13.6. The third-order valence-electron chi connectivity index (χ3n) is 8.27. The van der Waals surface area contributed by atoms with Gasteiger partial charge in [0.05, 0.1) is 0 Å². The lowest BCUT2D eigenvalue weighted by molar-refractivity contribution is -0.165. The molecule has 0 saturated carbocycles. The highest BCUT2D eigenvalue weighted by Gasteiger charge is 2.52. The number of hydrogen-bond acceptors (Lipinski definition) is 5. The molecule has 9 heteroatoms. The predicted molar refractivity (Wildman–Crippen MR) is 144 cm³/mol. The van der Waals surface area contributed by atoms with Gasteiger partial charge in [0.25, 0.3) is 0 Å². The van der Waals surface area contributed by atoms with Gasteiger partial charge in [0.2, 0.25) is 0 Å². The van der Waals surface area contributed by atoms with Crippen molar-refractivity contribution in [2.24, 2.45) is 7.05 Å². The van der Waals surface area contributed by atoms with Crippen LogP contribution < -0.4 is 0 Å². The Labute approximate surface area is 229 Å². The van der Waals surface area contributed by atoms with Gasteiger partial charge in [-0.05, 0) is 57.4 Å². The lowest BCUT2D eigenvalue weighted by atomic mass is 9.75. The second-order valence-corrected chi connectivity index (χ2v) is 11.3. The number of ether oxygens (including phenoxy) is 2. The molecule has 2 saturated heterocycles. The molecule has 6 rings (SSSR count). The summed E-state index contributed by atoms with van der Waals surface area (Å²) in [4.78, 5) is 31.6. The number of aromatic nitrogens is 2. The molecule has 2 atom stereocenters. The highest BCUT2D eigenvalue weighted by atomic mass is 79.9. The largest absolute Gasteiger partial charge is 0.480 e. The standard InChI is InChI=1S/C29H30BrN3O5/c1-32-15-25(30)31-27(32)29(38-17-26(34)35)13-18-7-6-8-19(14-29)33(18)28(36)37-16-24-22-11-4-2-9-20(22)21-10-3-5-12-23(21)24/h2-5,9-12,15,18-19,24H,6-8,13-14,16-17H2,1H3,(H,34,35). The number of imidazole rings is 1. The summed E-state index contributed by atoms with van der Waals surface area (Å²) in [6.07, 6.45) is 5.09. The molecule has 198 valence electrons. The van der Waals surface area contributed by atoms with Crippen LogP contribution in [0.25, 0.3) is 11.1 Å². The molecule has 2 bridgehead atoms. The molecule has 2 fully saturated rings. The van der Waals surface area contributed by atoms with Gasteiger partial charge in [-0.2, -0.15) is 0 Å². The molecule has 2 aliphatic heterocycles. The van der Waals surface area contributed by atoms with Gasteiger partial charge in [-0.25, -0.2) is 14.6 Å². The minimum absolute atomic E-state index is 0.00103. The normalized spacial score (nSPS) is 24.1. The van der Waals surface area contributed by atoms with Crippen LogP contribution >= 0.6 is 15.9 Å². The highest BCUT2D eigenvalue weighted by molar-refractivity contribution is 9.10. The van der Waals surface area contributed by atoms with Gasteiger partial charge >= 0.3 is 12.1 Å². The fourth-order valence-corrected chi connectivity index (χ4v) is 7.27. The van der Waals surface area contributed by atoms with Gasteiger partial charge in [-0.1, -0.05) is 48.5 Å². The second kappa shape index (κ2) is 9.85. The molecule has 1 aliphatic carbocycles. The molecule has 2 aromatic carbocycles. The molecule has 1 amide bonds. The summed E-state index contributed by atoms with van der Waals surface area (Å²) >= 11 is 3.44. The van der Waals surface area contributed by atoms with Gasteiger partial charge in [-0.3, -0.25) is 0 Å². The average Bonchev–Trinajstić information content (AvgIpc) is 3.41. The summed E-state index contributed by atoms with van der Waals surface area (Å²) in [5.41, 5.74) is 3.86. The van der Waals surface area contributed by atoms with Crippen LogP contribution in [0.4, 0.5) is 4.79 Å². The minimum atomic E-state index is -1.03. The third kappa shape index (κ3) is 4.31. The average molecular weight is 580 g/mol. The number of rotatable bonds is 6. The van der Waals surface area contributed by atoms with E-state index in [4.69, 9.17) is 9.47 Å². The van der Waals surface area contributed by atoms with Crippen molar-refractivity contribution in [3.05, 3.63) is 76.3 Å². The molecule has 1 N–H and O–H groups in total. The van der Waals surface area contributed by atoms with Gasteiger partial charge in [0.1, 0.15) is 29.2 Å². The Bertz CT molecular complexity index is 1330. The van der Waals surface area contributed by atoms with E-state index in [1.807, 2.05) is 47.0 Å². The van der Waals surface area contributed by atoms with E-state index in [9.17, 15) is 14.7 Å². The Morgan fingerprint density at radius 1 is 1.05 bits per heavy atom. The topological polar surface area (TPSA) is 93.9 Å². The van der Waals surface area contributed by atoms with Crippen LogP contribution in [0.5, 0.6) is 0 Å². The Morgan fingerprint density at radius 3 is 2.21 bits per heavy atom. The number of hydrogen-bond donors (Lipinski definition) is 1. The first-order valence-corrected chi connectivity index (χ1v) is 13.8. The molecule has 3 aliphatic rings. The predicted octanol–water partition coefficient (Wildman–Crippen LogP) is 5.45. The number of halogens is 1. The number of aliphatic carboxylic acids is 1. The maximum absolute atomic E-state index is 13.6. The number of amides is 1. The van der Waals surface area contributed by atoms with Crippen molar-refractivity contribution in [2.75, 3.05) is 13.2 Å². The highest BCUT2D eigenvalue weighted by Crippen LogP contribution is 2.48. The molecule has 3 heterocycles. The zero-order valence-electron chi connectivity index (χ0n) is 21.2. The van der Waals surface area contributed by atoms with Gasteiger partial charge in [0, 0.05) is 44.1 Å². The Hall–Kier alpha value is -3.17. The van der Waals surface area contributed by atoms with Crippen LogP contribution in [0.15, 0.2) is 59.3 Å². The first-order chi connectivity index (χ1) is 18.4. The van der Waals surface area contributed by atoms with Crippen molar-refractivity contribution in [1.29, 1.82) is 0 Å². The van der Waals surface area contributed by atoms with Crippen molar-refractivity contribution in [3.63, 3.8) is 0 Å². The second-order valence-electron chi connectivity index (χ2n) is 10.5. The minimum Gasteiger partial charge on any atom is -0.480 e. The zero-order valence-corrected chi connectivity index (χ0v) is 22.8. The molecular formula is C29H30BrN3O5. The SMILES string of the molecule is Cn1cc(Br)nc1C1(OCC(=O)O)CC2CCCC(C1)N2C(=O)OCC1c2ccccc2-c2ccccc21. The van der Waals surface area contributed by atoms with Gasteiger partial charge in [-0.15, -0.1) is 0 Å². The van der Waals surface area contributed by atoms with Crippen molar-refractivity contribution < 1.29 is 24.2 Å². The molecule has 8 nitrogen and oxygen atoms in total. The molecule has 38 heavy (non-hydrogen) atoms. The molecule has 0 radical (unpaired) electrons. The van der Waals surface area contributed by atoms with E-state index in [1.165, 1.54) is 22.3 Å². The number of fused-ring (bicyclic) bond motifs is 5. The Morgan fingerprint density at radius 2 is 1.66 bits per heavy atom. The quantitative estimate of drug-likeness (QED) is 0.417. The molecule has 1 aromatic heterocycles. The van der Waals surface area contributed by atoms with E-state index >= 15 is 0 Å². The third-order valence-corrected chi connectivity index (χ3v) is 8.65. The molecular weight excluding hydrogens is 550 g/mol. The van der Waals surface area contributed by atoms with Gasteiger partial charge in [0.15, 0.2) is 0 Å². The van der Waals surface area contributed by atoms with E-state index in [0.717, 1.165) is 19.3 Å². The van der Waals surface area contributed by atoms with Crippen molar-refractivity contribution in [1.82, 2.24) is 14.5 Å². The molecule has 0 spiro atoms. The summed E-state index contributed by atoms with van der Waals surface area (Å²) in [6.45, 7) is -0.148. The van der Waals surface area contributed by atoms with Crippen molar-refractivity contribution in [3.8, 4) is 11.1 Å². The number of nitrogens with zero attached hydrogens (tertiary/aromatic N) is 3. The zero-order chi connectivity index (χ0) is 26.4. The fraction of sp³-hybridized carbons (Fsp3) is 0.414. The monoisotopic (exact) mass is 579 g/mol. The van der Waals surface area contributed by atoms with E-state index in [0.29, 0.717) is 23.3 Å². The summed E-state index contributed by atoms with van der Waals surface area (Å²) < 4.78 is 14.7. The van der Waals surface area contributed by atoms with Gasteiger partial charge < -0.3 is 24.0 Å². The lowest BCUT2D eigenvalue weighted by Gasteiger charge is -2.52. The number of carboxylic acids is 1. The number of carboxylic acid groups (broad SMARTS) is 1.